The summed E-state index contributed by atoms with van der Waals surface area (Å²) in [5, 5.41) is 11.9. The summed E-state index contributed by atoms with van der Waals surface area (Å²) in [6, 6.07) is 4.86. The predicted octanol–water partition coefficient (Wildman–Crippen LogP) is 2.78. The number of anilines is 3. The van der Waals surface area contributed by atoms with Crippen molar-refractivity contribution in [3.63, 3.8) is 0 Å². The number of nitrogens with zero attached hydrogens (tertiary/aromatic N) is 3. The number of aromatic nitrogens is 2. The fourth-order valence-electron chi connectivity index (χ4n) is 4.71. The number of ether oxygens (including phenoxy) is 2. The lowest BCUT2D eigenvalue weighted by atomic mass is 9.93. The average Bonchev–Trinajstić information content (AvgIpc) is 3.61. The lowest BCUT2D eigenvalue weighted by Crippen LogP contribution is -2.35. The molecule has 1 spiro atoms. The third-order valence-electron chi connectivity index (χ3n) is 7.48. The highest BCUT2D eigenvalue weighted by Crippen LogP contribution is 2.54. The van der Waals surface area contributed by atoms with E-state index in [1.54, 1.807) is 18.2 Å². The fourth-order valence-corrected chi connectivity index (χ4v) is 5.49. The highest BCUT2D eigenvalue weighted by Gasteiger charge is 2.44. The lowest BCUT2D eigenvalue weighted by Gasteiger charge is -2.35. The Hall–Kier alpha value is -3.12. The minimum absolute atomic E-state index is 0.0755. The molecule has 3 N–H and O–H groups in total. The molecular weight excluding hydrogens is 498 g/mol. The van der Waals surface area contributed by atoms with Gasteiger partial charge in [0.2, 0.25) is 10.0 Å². The van der Waals surface area contributed by atoms with Crippen LogP contribution >= 0.6 is 0 Å². The third-order valence-corrected chi connectivity index (χ3v) is 8.72. The Balaban J connectivity index is 1.39. The Morgan fingerprint density at radius 1 is 1.22 bits per heavy atom. The fraction of sp³-hybridized carbons (Fsp3) is 0.560. The molecule has 3 fully saturated rings. The van der Waals surface area contributed by atoms with Crippen LogP contribution in [0.2, 0.25) is 0 Å². The van der Waals surface area contributed by atoms with Gasteiger partial charge in [-0.1, -0.05) is 0 Å². The van der Waals surface area contributed by atoms with Crippen molar-refractivity contribution in [2.75, 3.05) is 47.5 Å². The van der Waals surface area contributed by atoms with Crippen LogP contribution in [0.3, 0.4) is 0 Å². The minimum atomic E-state index is -3.74. The number of aliphatic hydroxyl groups is 1. The molecule has 37 heavy (non-hydrogen) atoms. The molecule has 2 aromatic heterocycles. The number of pyridine rings is 2. The summed E-state index contributed by atoms with van der Waals surface area (Å²) in [6.45, 7) is 1.11. The van der Waals surface area contributed by atoms with E-state index >= 15 is 0 Å². The molecule has 0 aromatic carbocycles. The average molecular weight is 532 g/mol. The lowest BCUT2D eigenvalue weighted by molar-refractivity contribution is 0.0998. The number of carbonyl (C=O) groups is 1. The van der Waals surface area contributed by atoms with Crippen molar-refractivity contribution in [3.05, 3.63) is 30.1 Å². The van der Waals surface area contributed by atoms with Gasteiger partial charge in [-0.2, -0.15) is 0 Å². The van der Waals surface area contributed by atoms with Crippen LogP contribution in [-0.2, 0) is 10.0 Å². The first-order valence-corrected chi connectivity index (χ1v) is 14.3. The van der Waals surface area contributed by atoms with Gasteiger partial charge in [-0.25, -0.2) is 18.4 Å². The summed E-state index contributed by atoms with van der Waals surface area (Å²) in [5.74, 6) is 0.0222. The van der Waals surface area contributed by atoms with Gasteiger partial charge < -0.3 is 24.8 Å². The number of rotatable bonds is 10. The van der Waals surface area contributed by atoms with Gasteiger partial charge in [0.1, 0.15) is 17.6 Å². The quantitative estimate of drug-likeness (QED) is 0.422. The van der Waals surface area contributed by atoms with E-state index in [9.17, 15) is 13.2 Å². The van der Waals surface area contributed by atoms with E-state index in [-0.39, 0.29) is 23.5 Å². The van der Waals surface area contributed by atoms with Gasteiger partial charge in [-0.05, 0) is 62.5 Å². The molecule has 2 aliphatic carbocycles. The molecule has 5 rings (SSSR count). The Morgan fingerprint density at radius 3 is 2.59 bits per heavy atom. The van der Waals surface area contributed by atoms with Crippen LogP contribution in [-0.4, -0.2) is 68.1 Å². The second-order valence-corrected chi connectivity index (χ2v) is 11.9. The third kappa shape index (κ3) is 5.90. The van der Waals surface area contributed by atoms with Crippen molar-refractivity contribution in [2.24, 2.45) is 5.41 Å². The Kier molecular flexibility index (Phi) is 7.13. The van der Waals surface area contributed by atoms with E-state index in [4.69, 9.17) is 14.6 Å². The van der Waals surface area contributed by atoms with Crippen molar-refractivity contribution in [1.29, 1.82) is 0 Å². The maximum atomic E-state index is 13.2. The first-order valence-electron chi connectivity index (χ1n) is 12.7. The van der Waals surface area contributed by atoms with Crippen LogP contribution in [0, 0.1) is 5.41 Å². The zero-order chi connectivity index (χ0) is 26.0. The van der Waals surface area contributed by atoms with Gasteiger partial charge in [0.15, 0.2) is 5.75 Å². The molecule has 1 aliphatic heterocycles. The highest BCUT2D eigenvalue weighted by molar-refractivity contribution is 7.92. The number of carbonyl (C=O) groups excluding carboxylic acids is 1. The smallest absolute Gasteiger partial charge is 0.274 e. The molecule has 3 heterocycles. The number of hydrogen-bond donors (Lipinski definition) is 3. The molecule has 2 aromatic rings. The van der Waals surface area contributed by atoms with E-state index in [2.05, 4.69) is 24.9 Å². The Bertz CT molecular complexity index is 1250. The van der Waals surface area contributed by atoms with Gasteiger partial charge in [0.05, 0.1) is 37.0 Å². The van der Waals surface area contributed by atoms with Gasteiger partial charge in [-0.3, -0.25) is 9.52 Å². The normalized spacial score (nSPS) is 18.7. The number of nitrogens with one attached hydrogen (secondary N) is 2. The molecular formula is C25H33N5O6S. The maximum absolute atomic E-state index is 13.2. The molecule has 200 valence electrons. The van der Waals surface area contributed by atoms with Crippen LogP contribution in [0.15, 0.2) is 24.4 Å². The minimum Gasteiger partial charge on any atom is -0.491 e. The van der Waals surface area contributed by atoms with Gasteiger partial charge in [-0.15, -0.1) is 0 Å². The van der Waals surface area contributed by atoms with Crippen LogP contribution in [0.25, 0.3) is 0 Å². The number of aliphatic hydroxyl groups excluding tert-OH is 1. The molecule has 3 aliphatic rings. The number of methoxy groups -OCH3 is 1. The summed E-state index contributed by atoms with van der Waals surface area (Å²) in [7, 11) is -2.21. The first-order chi connectivity index (χ1) is 17.8. The largest absolute Gasteiger partial charge is 0.491 e. The zero-order valence-electron chi connectivity index (χ0n) is 20.9. The van der Waals surface area contributed by atoms with E-state index in [0.717, 1.165) is 45.2 Å². The van der Waals surface area contributed by atoms with E-state index in [0.29, 0.717) is 22.5 Å². The van der Waals surface area contributed by atoms with E-state index in [1.165, 1.54) is 26.1 Å². The summed E-state index contributed by atoms with van der Waals surface area (Å²) in [4.78, 5) is 24.0. The molecule has 0 atom stereocenters. The number of amides is 1. The van der Waals surface area contributed by atoms with Crippen molar-refractivity contribution in [3.8, 4) is 11.6 Å². The van der Waals surface area contributed by atoms with E-state index < -0.39 is 28.3 Å². The summed E-state index contributed by atoms with van der Waals surface area (Å²) < 4.78 is 38.1. The predicted molar refractivity (Wildman–Crippen MR) is 139 cm³/mol. The van der Waals surface area contributed by atoms with Crippen molar-refractivity contribution in [1.82, 2.24) is 9.97 Å². The second kappa shape index (κ2) is 10.3. The van der Waals surface area contributed by atoms with Crippen molar-refractivity contribution >= 4 is 33.1 Å². The molecule has 12 heteroatoms. The number of piperidine rings is 1. The second-order valence-electron chi connectivity index (χ2n) is 10.0. The maximum Gasteiger partial charge on any atom is 0.274 e. The van der Waals surface area contributed by atoms with Gasteiger partial charge in [0, 0.05) is 19.2 Å². The molecule has 11 nitrogen and oxygen atoms in total. The Morgan fingerprint density at radius 2 is 1.97 bits per heavy atom. The highest BCUT2D eigenvalue weighted by atomic mass is 32.2. The van der Waals surface area contributed by atoms with Crippen LogP contribution in [0.5, 0.6) is 11.6 Å². The Labute approximate surface area is 216 Å². The molecule has 0 unspecified atom stereocenters. The first kappa shape index (κ1) is 25.5. The van der Waals surface area contributed by atoms with E-state index in [1.807, 2.05) is 0 Å². The summed E-state index contributed by atoms with van der Waals surface area (Å²) in [6.07, 6.45) is 9.12. The SMILES string of the molecule is COc1ccc(C(=O)Nc2cnc(NS(=O)(=O)CCO)cc2N2CCC3(CC2)CC3)nc1OC1CCC1. The summed E-state index contributed by atoms with van der Waals surface area (Å²) >= 11 is 0. The van der Waals surface area contributed by atoms with Gasteiger partial charge in [0.25, 0.3) is 11.8 Å². The summed E-state index contributed by atoms with van der Waals surface area (Å²) in [5.41, 5.74) is 1.76. The topological polar surface area (TPSA) is 143 Å². The zero-order valence-corrected chi connectivity index (χ0v) is 21.7. The standard InChI is InChI=1S/C25H33N5O6S/c1-35-21-6-5-18(28-24(21)36-17-3-2-4-17)23(32)27-19-16-26-22(29-37(33,34)14-13-31)15-20(19)30-11-9-25(7-8-25)10-12-30/h5-6,15-17,31H,2-4,7-14H2,1H3,(H,26,29)(H,27,32). The van der Waals surface area contributed by atoms with Crippen LogP contribution in [0.4, 0.5) is 17.2 Å². The van der Waals surface area contributed by atoms with Crippen LogP contribution < -0.4 is 24.4 Å². The monoisotopic (exact) mass is 531 g/mol. The van der Waals surface area contributed by atoms with Crippen LogP contribution in [0.1, 0.15) is 55.4 Å². The molecule has 0 bridgehead atoms. The number of hydrogen-bond acceptors (Lipinski definition) is 9. The molecule has 2 saturated carbocycles. The molecule has 0 radical (unpaired) electrons. The molecule has 1 saturated heterocycles. The van der Waals surface area contributed by atoms with Crippen molar-refractivity contribution in [2.45, 2.75) is 51.0 Å². The van der Waals surface area contributed by atoms with Gasteiger partial charge >= 0.3 is 0 Å². The van der Waals surface area contributed by atoms with Crippen molar-refractivity contribution < 1.29 is 27.8 Å². The number of sulfonamides is 1. The molecule has 1 amide bonds.